The lowest BCUT2D eigenvalue weighted by Crippen LogP contribution is -1.94. The van der Waals surface area contributed by atoms with Crippen LogP contribution in [-0.4, -0.2) is 13.4 Å². The zero-order valence-corrected chi connectivity index (χ0v) is 11.2. The summed E-state index contributed by atoms with van der Waals surface area (Å²) in [7, 11) is 1.54. The molecule has 3 heteroatoms. The molecule has 2 aromatic carbocycles. The van der Waals surface area contributed by atoms with Gasteiger partial charge >= 0.3 is 0 Å². The van der Waals surface area contributed by atoms with Crippen molar-refractivity contribution in [1.29, 1.82) is 0 Å². The first-order chi connectivity index (χ1) is 9.06. The fourth-order valence-electron chi connectivity index (χ4n) is 2.17. The Morgan fingerprint density at radius 2 is 1.74 bits per heavy atom. The van der Waals surface area contributed by atoms with E-state index in [1.54, 1.807) is 19.2 Å². The summed E-state index contributed by atoms with van der Waals surface area (Å²) < 4.78 is 19.0. The van der Waals surface area contributed by atoms with Crippen LogP contribution in [0.25, 0.3) is 11.1 Å². The molecule has 0 aliphatic rings. The summed E-state index contributed by atoms with van der Waals surface area (Å²) in [5.74, 6) is 0.296. The van der Waals surface area contributed by atoms with Crippen molar-refractivity contribution in [3.05, 3.63) is 52.8 Å². The van der Waals surface area contributed by atoms with Crippen LogP contribution in [0.3, 0.4) is 0 Å². The minimum absolute atomic E-state index is 0.307. The molecular weight excluding hydrogens is 243 g/mol. The first-order valence-electron chi connectivity index (χ1n) is 5.97. The van der Waals surface area contributed by atoms with E-state index < -0.39 is 0 Å². The quantitative estimate of drug-likeness (QED) is 0.780. The van der Waals surface area contributed by atoms with Crippen LogP contribution < -0.4 is 4.74 Å². The average Bonchev–Trinajstić information content (AvgIpc) is 2.39. The first kappa shape index (κ1) is 13.3. The molecule has 2 aromatic rings. The standard InChI is InChI=1S/C16H15FO2/c1-10-6-12(7-11(2)15(10)9-18)14-8-13(19-3)4-5-16(14)17/h4-9H,1-3H3. The van der Waals surface area contributed by atoms with Crippen LogP contribution in [0.15, 0.2) is 30.3 Å². The molecule has 0 spiro atoms. The number of carbonyl (C=O) groups is 1. The summed E-state index contributed by atoms with van der Waals surface area (Å²) in [6, 6.07) is 8.25. The van der Waals surface area contributed by atoms with Gasteiger partial charge < -0.3 is 4.74 Å². The molecular formula is C16H15FO2. The molecule has 0 atom stereocenters. The van der Waals surface area contributed by atoms with E-state index in [-0.39, 0.29) is 5.82 Å². The summed E-state index contributed by atoms with van der Waals surface area (Å²) in [6.07, 6.45) is 0.830. The van der Waals surface area contributed by atoms with Gasteiger partial charge in [0, 0.05) is 11.1 Å². The molecule has 2 nitrogen and oxygen atoms in total. The predicted molar refractivity (Wildman–Crippen MR) is 73.2 cm³/mol. The third-order valence-electron chi connectivity index (χ3n) is 3.20. The molecule has 0 heterocycles. The predicted octanol–water partition coefficient (Wildman–Crippen LogP) is 3.93. The summed E-state index contributed by atoms with van der Waals surface area (Å²) in [5, 5.41) is 0. The number of halogens is 1. The van der Waals surface area contributed by atoms with E-state index in [0.717, 1.165) is 23.0 Å². The minimum Gasteiger partial charge on any atom is -0.497 e. The van der Waals surface area contributed by atoms with Crippen molar-refractivity contribution in [2.45, 2.75) is 13.8 Å². The van der Waals surface area contributed by atoms with Gasteiger partial charge in [0.2, 0.25) is 0 Å². The van der Waals surface area contributed by atoms with Gasteiger partial charge in [-0.25, -0.2) is 4.39 Å². The number of methoxy groups -OCH3 is 1. The van der Waals surface area contributed by atoms with Crippen LogP contribution >= 0.6 is 0 Å². The van der Waals surface area contributed by atoms with Crippen LogP contribution in [0.2, 0.25) is 0 Å². The maximum atomic E-state index is 13.9. The fraction of sp³-hybridized carbons (Fsp3) is 0.188. The van der Waals surface area contributed by atoms with E-state index in [0.29, 0.717) is 16.9 Å². The number of rotatable bonds is 3. The van der Waals surface area contributed by atoms with E-state index in [1.165, 1.54) is 6.07 Å². The number of aryl methyl sites for hydroxylation is 2. The summed E-state index contributed by atoms with van der Waals surface area (Å²) in [4.78, 5) is 11.0. The SMILES string of the molecule is COc1ccc(F)c(-c2cc(C)c(C=O)c(C)c2)c1. The number of benzene rings is 2. The highest BCUT2D eigenvalue weighted by atomic mass is 19.1. The topological polar surface area (TPSA) is 26.3 Å². The van der Waals surface area contributed by atoms with Gasteiger partial charge in [0.05, 0.1) is 7.11 Å². The Hall–Kier alpha value is -2.16. The maximum Gasteiger partial charge on any atom is 0.150 e. The molecule has 0 N–H and O–H groups in total. The van der Waals surface area contributed by atoms with Crippen molar-refractivity contribution in [3.63, 3.8) is 0 Å². The molecule has 0 fully saturated rings. The molecule has 2 rings (SSSR count). The molecule has 0 saturated heterocycles. The molecule has 0 aliphatic heterocycles. The monoisotopic (exact) mass is 258 g/mol. The fourth-order valence-corrected chi connectivity index (χ4v) is 2.17. The van der Waals surface area contributed by atoms with Gasteiger partial charge in [-0.2, -0.15) is 0 Å². The second-order valence-corrected chi connectivity index (χ2v) is 4.49. The Morgan fingerprint density at radius 3 is 2.26 bits per heavy atom. The maximum absolute atomic E-state index is 13.9. The molecule has 19 heavy (non-hydrogen) atoms. The Kier molecular flexibility index (Phi) is 3.65. The van der Waals surface area contributed by atoms with Gasteiger partial charge in [-0.15, -0.1) is 0 Å². The highest BCUT2D eigenvalue weighted by Crippen LogP contribution is 2.29. The number of aldehydes is 1. The lowest BCUT2D eigenvalue weighted by molar-refractivity contribution is 0.112. The molecule has 0 aromatic heterocycles. The van der Waals surface area contributed by atoms with Crippen LogP contribution in [0, 0.1) is 19.7 Å². The lowest BCUT2D eigenvalue weighted by Gasteiger charge is -2.10. The molecule has 0 saturated carbocycles. The summed E-state index contributed by atoms with van der Waals surface area (Å²) >= 11 is 0. The van der Waals surface area contributed by atoms with E-state index in [2.05, 4.69) is 0 Å². The Labute approximate surface area is 111 Å². The molecule has 0 amide bonds. The number of hydrogen-bond donors (Lipinski definition) is 0. The first-order valence-corrected chi connectivity index (χ1v) is 5.97. The van der Waals surface area contributed by atoms with Crippen molar-refractivity contribution in [3.8, 4) is 16.9 Å². The van der Waals surface area contributed by atoms with E-state index in [4.69, 9.17) is 4.74 Å². The third kappa shape index (κ3) is 2.50. The van der Waals surface area contributed by atoms with Crippen molar-refractivity contribution >= 4 is 6.29 Å². The average molecular weight is 258 g/mol. The largest absolute Gasteiger partial charge is 0.497 e. The van der Waals surface area contributed by atoms with Gasteiger partial charge in [0.1, 0.15) is 11.6 Å². The summed E-state index contributed by atoms with van der Waals surface area (Å²) in [5.41, 5.74) is 3.56. The van der Waals surface area contributed by atoms with E-state index in [9.17, 15) is 9.18 Å². The zero-order chi connectivity index (χ0) is 14.0. The molecule has 98 valence electrons. The van der Waals surface area contributed by atoms with Gasteiger partial charge in [0.15, 0.2) is 6.29 Å². The Morgan fingerprint density at radius 1 is 1.11 bits per heavy atom. The normalized spacial score (nSPS) is 10.3. The highest BCUT2D eigenvalue weighted by Gasteiger charge is 2.10. The second kappa shape index (κ2) is 5.22. The summed E-state index contributed by atoms with van der Waals surface area (Å²) in [6.45, 7) is 3.69. The van der Waals surface area contributed by atoms with Gasteiger partial charge in [0.25, 0.3) is 0 Å². The van der Waals surface area contributed by atoms with Crippen molar-refractivity contribution in [2.75, 3.05) is 7.11 Å². The number of ether oxygens (including phenoxy) is 1. The Balaban J connectivity index is 2.62. The van der Waals surface area contributed by atoms with Crippen LogP contribution in [-0.2, 0) is 0 Å². The highest BCUT2D eigenvalue weighted by molar-refractivity contribution is 5.82. The lowest BCUT2D eigenvalue weighted by atomic mass is 9.96. The van der Waals surface area contributed by atoms with Crippen molar-refractivity contribution in [2.24, 2.45) is 0 Å². The number of carbonyl (C=O) groups excluding carboxylic acids is 1. The second-order valence-electron chi connectivity index (χ2n) is 4.49. The minimum atomic E-state index is -0.307. The van der Waals surface area contributed by atoms with Crippen LogP contribution in [0.1, 0.15) is 21.5 Å². The Bertz CT molecular complexity index is 610. The molecule has 0 bridgehead atoms. The zero-order valence-electron chi connectivity index (χ0n) is 11.2. The van der Waals surface area contributed by atoms with E-state index >= 15 is 0 Å². The van der Waals surface area contributed by atoms with Crippen molar-refractivity contribution in [1.82, 2.24) is 0 Å². The molecule has 0 radical (unpaired) electrons. The van der Waals surface area contributed by atoms with Crippen LogP contribution in [0.4, 0.5) is 4.39 Å². The van der Waals surface area contributed by atoms with Crippen molar-refractivity contribution < 1.29 is 13.9 Å². The van der Waals surface area contributed by atoms with E-state index in [1.807, 2.05) is 26.0 Å². The number of hydrogen-bond acceptors (Lipinski definition) is 2. The third-order valence-corrected chi connectivity index (χ3v) is 3.20. The molecule has 0 unspecified atom stereocenters. The van der Waals surface area contributed by atoms with Crippen LogP contribution in [0.5, 0.6) is 5.75 Å². The van der Waals surface area contributed by atoms with Gasteiger partial charge in [-0.05, 0) is 48.7 Å². The molecule has 0 aliphatic carbocycles. The van der Waals surface area contributed by atoms with Gasteiger partial charge in [-0.3, -0.25) is 4.79 Å². The smallest absolute Gasteiger partial charge is 0.150 e. The van der Waals surface area contributed by atoms with Gasteiger partial charge in [-0.1, -0.05) is 12.1 Å².